The first kappa shape index (κ1) is 21.3. The number of hydrogen-bond donors (Lipinski definition) is 2. The Morgan fingerprint density at radius 3 is 2.50 bits per heavy atom. The molecule has 0 saturated carbocycles. The number of fused-ring (bicyclic) bond motifs is 1. The van der Waals surface area contributed by atoms with Gasteiger partial charge in [0.1, 0.15) is 6.61 Å². The summed E-state index contributed by atoms with van der Waals surface area (Å²) in [6.07, 6.45) is 2.73. The van der Waals surface area contributed by atoms with Crippen molar-refractivity contribution in [1.29, 1.82) is 0 Å². The number of anilines is 1. The molecule has 0 fully saturated rings. The summed E-state index contributed by atoms with van der Waals surface area (Å²) < 4.78 is 6.59. The van der Waals surface area contributed by atoms with Crippen LogP contribution in [0.1, 0.15) is 22.8 Å². The van der Waals surface area contributed by atoms with Gasteiger partial charge < -0.3 is 19.9 Å². The Morgan fingerprint density at radius 2 is 1.84 bits per heavy atom. The van der Waals surface area contributed by atoms with Gasteiger partial charge in [-0.2, -0.15) is 0 Å². The van der Waals surface area contributed by atoms with E-state index in [4.69, 9.17) is 16.3 Å². The molecule has 0 radical (unpaired) electrons. The van der Waals surface area contributed by atoms with E-state index in [0.29, 0.717) is 28.2 Å². The van der Waals surface area contributed by atoms with Crippen molar-refractivity contribution in [1.82, 2.24) is 9.88 Å². The predicted octanol–water partition coefficient (Wildman–Crippen LogP) is 3.04. The number of Topliss-reactive ketones (excluding diaryl/α,β-unsaturated/α-hetero) is 1. The maximum Gasteiger partial charge on any atom is 0.333 e. The molecular formula is C23H18ClN3O5. The number of benzene rings is 2. The zero-order valence-corrected chi connectivity index (χ0v) is 17.7. The van der Waals surface area contributed by atoms with Crippen LogP contribution in [0.5, 0.6) is 0 Å². The minimum Gasteiger partial charge on any atom is -0.456 e. The minimum absolute atomic E-state index is 0.0944. The molecule has 32 heavy (non-hydrogen) atoms. The van der Waals surface area contributed by atoms with Crippen molar-refractivity contribution in [3.8, 4) is 0 Å². The molecule has 0 bridgehead atoms. The average molecular weight is 452 g/mol. The average Bonchev–Trinajstić information content (AvgIpc) is 3.31. The number of cyclic esters (lactones) is 1. The van der Waals surface area contributed by atoms with Crippen LogP contribution in [0.25, 0.3) is 10.9 Å². The predicted molar refractivity (Wildman–Crippen MR) is 118 cm³/mol. The van der Waals surface area contributed by atoms with Crippen molar-refractivity contribution in [2.24, 2.45) is 0 Å². The van der Waals surface area contributed by atoms with Crippen LogP contribution in [0.2, 0.25) is 5.02 Å². The van der Waals surface area contributed by atoms with E-state index < -0.39 is 17.7 Å². The first-order valence-corrected chi connectivity index (χ1v) is 10.1. The summed E-state index contributed by atoms with van der Waals surface area (Å²) in [5, 5.41) is 6.23. The van der Waals surface area contributed by atoms with Crippen LogP contribution >= 0.6 is 11.6 Å². The number of nitrogens with zero attached hydrogens (tertiary/aromatic N) is 1. The number of ether oxygens (including phenoxy) is 1. The van der Waals surface area contributed by atoms with Crippen LogP contribution in [0.15, 0.2) is 60.4 Å². The first-order chi connectivity index (χ1) is 15.3. The summed E-state index contributed by atoms with van der Waals surface area (Å²) in [6, 6.07) is 12.4. The molecule has 4 rings (SSSR count). The molecule has 0 spiro atoms. The number of amides is 2. The lowest BCUT2D eigenvalue weighted by Crippen LogP contribution is -2.31. The summed E-state index contributed by atoms with van der Waals surface area (Å²) in [5.74, 6) is -2.49. The van der Waals surface area contributed by atoms with Gasteiger partial charge in [0.2, 0.25) is 5.91 Å². The van der Waals surface area contributed by atoms with Gasteiger partial charge in [-0.05, 0) is 35.9 Å². The normalized spacial score (nSPS) is 12.9. The van der Waals surface area contributed by atoms with Crippen molar-refractivity contribution in [3.63, 3.8) is 0 Å². The number of nitrogens with one attached hydrogen (secondary N) is 2. The van der Waals surface area contributed by atoms with E-state index in [0.717, 1.165) is 11.6 Å². The lowest BCUT2D eigenvalue weighted by atomic mass is 10.1. The second kappa shape index (κ2) is 8.68. The highest BCUT2D eigenvalue weighted by molar-refractivity contribution is 6.45. The van der Waals surface area contributed by atoms with E-state index in [1.165, 1.54) is 6.92 Å². The van der Waals surface area contributed by atoms with Crippen LogP contribution in [0, 0.1) is 0 Å². The molecule has 8 nitrogen and oxygen atoms in total. The number of ketones is 1. The number of hydrogen-bond acceptors (Lipinski definition) is 5. The van der Waals surface area contributed by atoms with E-state index in [2.05, 4.69) is 10.6 Å². The minimum atomic E-state index is -0.884. The smallest absolute Gasteiger partial charge is 0.333 e. The molecule has 2 heterocycles. The van der Waals surface area contributed by atoms with E-state index in [-0.39, 0.29) is 23.8 Å². The zero-order valence-electron chi connectivity index (χ0n) is 17.0. The number of carbonyl (C=O) groups excluding carboxylic acids is 4. The molecule has 0 unspecified atom stereocenters. The van der Waals surface area contributed by atoms with Gasteiger partial charge >= 0.3 is 5.97 Å². The topological polar surface area (TPSA) is 106 Å². The molecular weight excluding hydrogens is 434 g/mol. The van der Waals surface area contributed by atoms with Gasteiger partial charge in [-0.1, -0.05) is 23.7 Å². The van der Waals surface area contributed by atoms with Crippen molar-refractivity contribution in [2.45, 2.75) is 13.5 Å². The van der Waals surface area contributed by atoms with Crippen molar-refractivity contribution < 1.29 is 23.9 Å². The van der Waals surface area contributed by atoms with E-state index in [1.54, 1.807) is 36.5 Å². The zero-order chi connectivity index (χ0) is 22.8. The van der Waals surface area contributed by atoms with Gasteiger partial charge in [0.15, 0.2) is 0 Å². The summed E-state index contributed by atoms with van der Waals surface area (Å²) in [4.78, 5) is 48.2. The molecule has 0 saturated heterocycles. The van der Waals surface area contributed by atoms with E-state index in [9.17, 15) is 19.2 Å². The summed E-state index contributed by atoms with van der Waals surface area (Å²) in [5.41, 5.74) is 2.55. The van der Waals surface area contributed by atoms with Gasteiger partial charge in [-0.25, -0.2) is 4.79 Å². The standard InChI is InChI=1S/C23H18ClN3O5/c1-13(28)25-16-6-7-20-18(8-16)19(11-27(20)10-14-2-4-15(24)5-3-14)22(30)23(31)26-17-9-21(29)32-12-17/h2-9,11H,10,12H2,1H3,(H,25,28)(H,26,31). The SMILES string of the molecule is CC(=O)Nc1ccc2c(c1)c(C(=O)C(=O)NC1=CC(=O)OC1)cn2Cc1ccc(Cl)cc1. The molecule has 1 aliphatic heterocycles. The van der Waals surface area contributed by atoms with Crippen LogP contribution in [0.4, 0.5) is 5.69 Å². The van der Waals surface area contributed by atoms with Crippen LogP contribution < -0.4 is 10.6 Å². The fourth-order valence-electron chi connectivity index (χ4n) is 3.45. The third kappa shape index (κ3) is 4.55. The number of esters is 1. The van der Waals surface area contributed by atoms with Crippen LogP contribution in [0.3, 0.4) is 0 Å². The highest BCUT2D eigenvalue weighted by atomic mass is 35.5. The molecule has 9 heteroatoms. The van der Waals surface area contributed by atoms with Gasteiger partial charge in [0.25, 0.3) is 11.7 Å². The molecule has 1 aromatic heterocycles. The fourth-order valence-corrected chi connectivity index (χ4v) is 3.57. The van der Waals surface area contributed by atoms with Gasteiger partial charge in [0.05, 0.1) is 11.3 Å². The fraction of sp³-hybridized carbons (Fsp3) is 0.130. The third-order valence-corrected chi connectivity index (χ3v) is 5.11. The molecule has 1 aliphatic rings. The Balaban J connectivity index is 1.71. The van der Waals surface area contributed by atoms with Gasteiger partial charge in [0, 0.05) is 47.4 Å². The molecule has 0 aliphatic carbocycles. The highest BCUT2D eigenvalue weighted by Gasteiger charge is 2.24. The van der Waals surface area contributed by atoms with Crippen LogP contribution in [-0.4, -0.2) is 34.7 Å². The quantitative estimate of drug-likeness (QED) is 0.340. The Labute approximate surface area is 187 Å². The maximum absolute atomic E-state index is 13.0. The third-order valence-electron chi connectivity index (χ3n) is 4.85. The lowest BCUT2D eigenvalue weighted by Gasteiger charge is -2.07. The molecule has 2 aromatic carbocycles. The molecule has 2 N–H and O–H groups in total. The largest absolute Gasteiger partial charge is 0.456 e. The number of aromatic nitrogens is 1. The molecule has 0 atom stereocenters. The van der Waals surface area contributed by atoms with Crippen molar-refractivity contribution in [2.75, 3.05) is 11.9 Å². The van der Waals surface area contributed by atoms with Gasteiger partial charge in [-0.3, -0.25) is 14.4 Å². The van der Waals surface area contributed by atoms with Gasteiger partial charge in [-0.15, -0.1) is 0 Å². The second-order valence-electron chi connectivity index (χ2n) is 7.27. The number of halogens is 1. The molecule has 3 aromatic rings. The Hall–Kier alpha value is -3.91. The maximum atomic E-state index is 13.0. The first-order valence-electron chi connectivity index (χ1n) is 9.68. The summed E-state index contributed by atoms with van der Waals surface area (Å²) in [7, 11) is 0. The highest BCUT2D eigenvalue weighted by Crippen LogP contribution is 2.27. The van der Waals surface area contributed by atoms with E-state index in [1.807, 2.05) is 16.7 Å². The Morgan fingerprint density at radius 1 is 1.09 bits per heavy atom. The Bertz CT molecular complexity index is 1290. The Kier molecular flexibility index (Phi) is 5.79. The van der Waals surface area contributed by atoms with E-state index >= 15 is 0 Å². The summed E-state index contributed by atoms with van der Waals surface area (Å²) >= 11 is 5.96. The summed E-state index contributed by atoms with van der Waals surface area (Å²) in [6.45, 7) is 1.73. The van der Waals surface area contributed by atoms with Crippen molar-refractivity contribution in [3.05, 3.63) is 76.6 Å². The monoisotopic (exact) mass is 451 g/mol. The lowest BCUT2D eigenvalue weighted by molar-refractivity contribution is -0.135. The number of carbonyl (C=O) groups is 4. The molecule has 162 valence electrons. The van der Waals surface area contributed by atoms with Crippen LogP contribution in [-0.2, 0) is 25.7 Å². The molecule has 2 amide bonds. The second-order valence-corrected chi connectivity index (χ2v) is 7.71. The van der Waals surface area contributed by atoms with Crippen molar-refractivity contribution >= 4 is 51.8 Å². The number of rotatable bonds is 6.